The van der Waals surface area contributed by atoms with Gasteiger partial charge in [-0.15, -0.1) is 0 Å². The van der Waals surface area contributed by atoms with E-state index >= 15 is 0 Å². The monoisotopic (exact) mass is 231 g/mol. The predicted octanol–water partition coefficient (Wildman–Crippen LogP) is 1.15. The maximum Gasteiger partial charge on any atom is 0.142 e. The maximum absolute atomic E-state index is 4.38. The predicted molar refractivity (Wildman–Crippen MR) is 68.2 cm³/mol. The van der Waals surface area contributed by atoms with Crippen LogP contribution in [-0.2, 0) is 0 Å². The summed E-state index contributed by atoms with van der Waals surface area (Å²) in [6.45, 7) is 2.19. The van der Waals surface area contributed by atoms with E-state index in [1.165, 1.54) is 19.4 Å². The van der Waals surface area contributed by atoms with Crippen LogP contribution in [0, 0.1) is 0 Å². The van der Waals surface area contributed by atoms with Crippen LogP contribution in [0.1, 0.15) is 12.8 Å². The molecule has 5 heteroatoms. The Hall–Kier alpha value is -1.62. The minimum absolute atomic E-state index is 0.695. The smallest absolute Gasteiger partial charge is 0.142 e. The van der Waals surface area contributed by atoms with Gasteiger partial charge in [-0.25, -0.2) is 9.97 Å². The number of nitrogens with one attached hydrogen (secondary N) is 2. The summed E-state index contributed by atoms with van der Waals surface area (Å²) in [5.74, 6) is 1.01. The zero-order valence-electron chi connectivity index (χ0n) is 9.98. The van der Waals surface area contributed by atoms with Crippen molar-refractivity contribution in [2.75, 3.05) is 25.0 Å². The summed E-state index contributed by atoms with van der Waals surface area (Å²) in [6.07, 6.45) is 6.00. The first kappa shape index (κ1) is 10.5. The van der Waals surface area contributed by atoms with Crippen molar-refractivity contribution in [1.29, 1.82) is 0 Å². The van der Waals surface area contributed by atoms with E-state index in [0.717, 1.165) is 23.4 Å². The third kappa shape index (κ3) is 1.98. The number of aromatic nitrogens is 3. The highest BCUT2D eigenvalue weighted by atomic mass is 15.2. The minimum atomic E-state index is 0.695. The Kier molecular flexibility index (Phi) is 2.68. The molecule has 1 atom stereocenters. The number of hydrogen-bond donors (Lipinski definition) is 2. The highest BCUT2D eigenvalue weighted by Gasteiger charge is 2.17. The second kappa shape index (κ2) is 4.33. The molecule has 3 rings (SSSR count). The quantitative estimate of drug-likeness (QED) is 0.828. The fourth-order valence-electron chi connectivity index (χ4n) is 2.21. The first-order chi connectivity index (χ1) is 8.34. The summed E-state index contributed by atoms with van der Waals surface area (Å²) < 4.78 is 0. The van der Waals surface area contributed by atoms with E-state index in [4.69, 9.17) is 0 Å². The van der Waals surface area contributed by atoms with Crippen LogP contribution in [-0.4, -0.2) is 41.1 Å². The van der Waals surface area contributed by atoms with Gasteiger partial charge in [-0.3, -0.25) is 0 Å². The molecule has 0 aliphatic carbocycles. The van der Waals surface area contributed by atoms with E-state index in [0.29, 0.717) is 6.04 Å². The largest absolute Gasteiger partial charge is 0.359 e. The lowest BCUT2D eigenvalue weighted by Gasteiger charge is -2.29. The number of H-pyrrole nitrogens is 1. The highest BCUT2D eigenvalue weighted by Crippen LogP contribution is 2.21. The van der Waals surface area contributed by atoms with Crippen molar-refractivity contribution >= 4 is 16.9 Å². The Labute approximate surface area is 100 Å². The van der Waals surface area contributed by atoms with Gasteiger partial charge in [-0.2, -0.15) is 0 Å². The van der Waals surface area contributed by atoms with Gasteiger partial charge in [-0.05, 0) is 25.5 Å². The van der Waals surface area contributed by atoms with E-state index in [-0.39, 0.29) is 0 Å². The van der Waals surface area contributed by atoms with Gasteiger partial charge in [0.2, 0.25) is 0 Å². The lowest BCUT2D eigenvalue weighted by Crippen LogP contribution is -2.44. The van der Waals surface area contributed by atoms with E-state index in [2.05, 4.69) is 32.2 Å². The Balaban J connectivity index is 1.75. The lowest BCUT2D eigenvalue weighted by molar-refractivity contribution is 0.353. The third-order valence-corrected chi connectivity index (χ3v) is 3.43. The van der Waals surface area contributed by atoms with Gasteiger partial charge >= 0.3 is 0 Å². The van der Waals surface area contributed by atoms with Gasteiger partial charge in [0.05, 0.1) is 5.39 Å². The normalized spacial score (nSPS) is 19.2. The Morgan fingerprint density at radius 3 is 3.12 bits per heavy atom. The van der Waals surface area contributed by atoms with Crippen LogP contribution >= 0.6 is 0 Å². The van der Waals surface area contributed by atoms with Crippen molar-refractivity contribution in [3.63, 3.8) is 0 Å². The molecule has 0 aromatic carbocycles. The fourth-order valence-corrected chi connectivity index (χ4v) is 2.21. The molecule has 1 fully saturated rings. The van der Waals surface area contributed by atoms with Crippen LogP contribution in [0.4, 0.5) is 5.82 Å². The van der Waals surface area contributed by atoms with Crippen LogP contribution in [0.5, 0.6) is 0 Å². The molecule has 2 N–H and O–H groups in total. The molecule has 0 amide bonds. The summed E-state index contributed by atoms with van der Waals surface area (Å²) in [4.78, 5) is 13.9. The summed E-state index contributed by atoms with van der Waals surface area (Å²) in [5.41, 5.74) is 0.906. The molecule has 2 aromatic rings. The maximum atomic E-state index is 4.38. The molecule has 17 heavy (non-hydrogen) atoms. The van der Waals surface area contributed by atoms with Gasteiger partial charge in [0.1, 0.15) is 17.8 Å². The molecule has 1 aliphatic rings. The average Bonchev–Trinajstić information content (AvgIpc) is 2.74. The molecule has 0 radical (unpaired) electrons. The number of aromatic amines is 1. The molecule has 0 bridgehead atoms. The van der Waals surface area contributed by atoms with E-state index < -0.39 is 0 Å². The second-order valence-electron chi connectivity index (χ2n) is 4.59. The van der Waals surface area contributed by atoms with Crippen LogP contribution < -0.4 is 10.2 Å². The molecule has 1 aliphatic heterocycles. The summed E-state index contributed by atoms with van der Waals surface area (Å²) in [6, 6.07) is 2.73. The number of anilines is 1. The van der Waals surface area contributed by atoms with Crippen LogP contribution in [0.25, 0.3) is 11.0 Å². The molecule has 0 spiro atoms. The molecule has 1 saturated heterocycles. The molecule has 0 saturated carbocycles. The lowest BCUT2D eigenvalue weighted by atomic mass is 10.0. The molecule has 5 nitrogen and oxygen atoms in total. The van der Waals surface area contributed by atoms with Gasteiger partial charge < -0.3 is 15.2 Å². The van der Waals surface area contributed by atoms with Crippen molar-refractivity contribution in [2.45, 2.75) is 18.9 Å². The van der Waals surface area contributed by atoms with Crippen molar-refractivity contribution in [2.24, 2.45) is 0 Å². The van der Waals surface area contributed by atoms with Crippen LogP contribution in [0.3, 0.4) is 0 Å². The summed E-state index contributed by atoms with van der Waals surface area (Å²) in [7, 11) is 2.09. The van der Waals surface area contributed by atoms with E-state index in [1.807, 2.05) is 12.3 Å². The minimum Gasteiger partial charge on any atom is -0.359 e. The van der Waals surface area contributed by atoms with E-state index in [9.17, 15) is 0 Å². The number of hydrogen-bond acceptors (Lipinski definition) is 4. The van der Waals surface area contributed by atoms with Crippen molar-refractivity contribution in [3.8, 4) is 0 Å². The number of nitrogens with zero attached hydrogens (tertiary/aromatic N) is 3. The average molecular weight is 231 g/mol. The Morgan fingerprint density at radius 1 is 1.47 bits per heavy atom. The van der Waals surface area contributed by atoms with Crippen LogP contribution in [0.15, 0.2) is 18.6 Å². The van der Waals surface area contributed by atoms with Gasteiger partial charge in [0.15, 0.2) is 0 Å². The SMILES string of the molecule is CN(CC[C@@H]1CCN1)c1ncnc2[nH]ccc12. The van der Waals surface area contributed by atoms with Crippen molar-refractivity contribution in [1.82, 2.24) is 20.3 Å². The standard InChI is InChI=1S/C12H17N5/c1-17(7-4-9-2-5-13-9)12-10-3-6-14-11(10)15-8-16-12/h3,6,8-9,13H,2,4-5,7H2,1H3,(H,14,15,16)/t9-/m0/s1. The summed E-state index contributed by atoms with van der Waals surface area (Å²) >= 11 is 0. The zero-order chi connectivity index (χ0) is 11.7. The number of fused-ring (bicyclic) bond motifs is 1. The molecular formula is C12H17N5. The number of rotatable bonds is 4. The highest BCUT2D eigenvalue weighted by molar-refractivity contribution is 5.87. The fraction of sp³-hybridized carbons (Fsp3) is 0.500. The Bertz CT molecular complexity index is 502. The zero-order valence-corrected chi connectivity index (χ0v) is 9.98. The van der Waals surface area contributed by atoms with Gasteiger partial charge in [0.25, 0.3) is 0 Å². The molecule has 0 unspecified atom stereocenters. The molecule has 90 valence electrons. The van der Waals surface area contributed by atoms with Crippen molar-refractivity contribution < 1.29 is 0 Å². The second-order valence-corrected chi connectivity index (χ2v) is 4.59. The molecule has 3 heterocycles. The van der Waals surface area contributed by atoms with E-state index in [1.54, 1.807) is 6.33 Å². The van der Waals surface area contributed by atoms with Crippen molar-refractivity contribution in [3.05, 3.63) is 18.6 Å². The first-order valence-corrected chi connectivity index (χ1v) is 6.07. The third-order valence-electron chi connectivity index (χ3n) is 3.43. The molecular weight excluding hydrogens is 214 g/mol. The topological polar surface area (TPSA) is 56.8 Å². The van der Waals surface area contributed by atoms with Crippen LogP contribution in [0.2, 0.25) is 0 Å². The van der Waals surface area contributed by atoms with Gasteiger partial charge in [0, 0.05) is 25.8 Å². The van der Waals surface area contributed by atoms with Gasteiger partial charge in [-0.1, -0.05) is 0 Å². The first-order valence-electron chi connectivity index (χ1n) is 6.07. The summed E-state index contributed by atoms with van der Waals surface area (Å²) in [5, 5.41) is 4.51. The molecule has 2 aromatic heterocycles. The Morgan fingerprint density at radius 2 is 2.35 bits per heavy atom.